The first-order valence-electron chi connectivity index (χ1n) is 12.8. The van der Waals surface area contributed by atoms with Gasteiger partial charge in [0.25, 0.3) is 0 Å². The van der Waals surface area contributed by atoms with Gasteiger partial charge in [-0.1, -0.05) is 24.5 Å². The van der Waals surface area contributed by atoms with Gasteiger partial charge in [-0.3, -0.25) is 27.2 Å². The van der Waals surface area contributed by atoms with E-state index in [1.807, 2.05) is 0 Å². The number of ether oxygens (including phenoxy) is 2. The van der Waals surface area contributed by atoms with Crippen molar-refractivity contribution in [2.24, 2.45) is 0 Å². The topological polar surface area (TPSA) is 269 Å². The van der Waals surface area contributed by atoms with Gasteiger partial charge in [0.1, 0.15) is 60.3 Å². The lowest BCUT2D eigenvalue weighted by Gasteiger charge is -2.28. The fourth-order valence-corrected chi connectivity index (χ4v) is 8.23. The number of imidazole rings is 2. The van der Waals surface area contributed by atoms with Gasteiger partial charge in [0.05, 0.1) is 25.9 Å². The van der Waals surface area contributed by atoms with Crippen molar-refractivity contribution in [2.45, 2.75) is 49.1 Å². The second-order valence-corrected chi connectivity index (χ2v) is 15.7. The first kappa shape index (κ1) is 30.2. The molecule has 7 rings (SSSR count). The Morgan fingerprint density at radius 2 is 1.14 bits per heavy atom. The fraction of sp³-hybridized carbons (Fsp3) is 0.500. The molecule has 3 aliphatic rings. The summed E-state index contributed by atoms with van der Waals surface area (Å²) in [4.78, 5) is 24.4. The van der Waals surface area contributed by atoms with Crippen LogP contribution < -0.4 is 11.5 Å². The van der Waals surface area contributed by atoms with E-state index in [1.165, 1.54) is 34.4 Å². The number of hydrogen-bond acceptors (Lipinski definition) is 18. The summed E-state index contributed by atoms with van der Waals surface area (Å²) in [6.45, 7) is -9.59. The number of anilines is 2. The van der Waals surface area contributed by atoms with Crippen LogP contribution in [0.4, 0.5) is 11.6 Å². The Balaban J connectivity index is 1.17. The van der Waals surface area contributed by atoms with E-state index in [4.69, 9.17) is 39.0 Å². The largest absolute Gasteiger partial charge is 0.386 e. The van der Waals surface area contributed by atoms with Gasteiger partial charge in [-0.05, 0) is 0 Å². The molecule has 4 aromatic rings. The summed E-state index contributed by atoms with van der Waals surface area (Å²) in [7, 11) is 0. The molecule has 0 amide bonds. The number of hydrogen-bond donors (Lipinski definition) is 6. The smallest absolute Gasteiger partial charge is 0.386 e. The molecular weight excluding hydrogens is 666 g/mol. The van der Waals surface area contributed by atoms with Crippen LogP contribution in [0.3, 0.4) is 0 Å². The lowest BCUT2D eigenvalue weighted by Crippen LogP contribution is -2.38. The highest BCUT2D eigenvalue weighted by molar-refractivity contribution is 8.44. The van der Waals surface area contributed by atoms with Crippen LogP contribution >= 0.6 is 38.1 Å². The van der Waals surface area contributed by atoms with E-state index in [2.05, 4.69) is 54.4 Å². The van der Waals surface area contributed by atoms with Crippen molar-refractivity contribution in [2.75, 3.05) is 24.7 Å². The third-order valence-corrected chi connectivity index (χ3v) is 10.5. The molecule has 0 aliphatic carbocycles. The predicted molar refractivity (Wildman–Crippen MR) is 154 cm³/mol. The van der Waals surface area contributed by atoms with Crippen LogP contribution in [-0.2, 0) is 36.7 Å². The molecule has 3 saturated heterocycles. The number of rotatable bonds is 2. The number of nitrogens with zero attached hydrogens (tertiary/aromatic N) is 8. The molecule has 10 atom stereocenters. The molecule has 20 nitrogen and oxygen atoms in total. The molecule has 44 heavy (non-hydrogen) atoms. The number of fused-ring (bicyclic) bond motifs is 4. The van der Waals surface area contributed by atoms with Crippen LogP contribution in [0.5, 0.6) is 0 Å². The van der Waals surface area contributed by atoms with Crippen molar-refractivity contribution in [3.8, 4) is 0 Å². The molecule has 0 radical (unpaired) electrons. The van der Waals surface area contributed by atoms with Crippen molar-refractivity contribution < 1.29 is 46.9 Å². The quantitative estimate of drug-likeness (QED) is 0.121. The van der Waals surface area contributed by atoms with Crippen LogP contribution in [-0.4, -0.2) is 99.1 Å². The highest BCUT2D eigenvalue weighted by Crippen LogP contribution is 2.60. The van der Waals surface area contributed by atoms with Crippen LogP contribution in [0.25, 0.3) is 22.3 Å². The molecule has 236 valence electrons. The molecule has 24 heteroatoms. The van der Waals surface area contributed by atoms with Crippen molar-refractivity contribution in [1.29, 1.82) is 0 Å². The summed E-state index contributed by atoms with van der Waals surface area (Å²) in [6.07, 6.45) is -5.50. The molecule has 3 aliphatic heterocycles. The highest BCUT2D eigenvalue weighted by Gasteiger charge is 2.53. The molecule has 0 spiro atoms. The lowest BCUT2D eigenvalue weighted by atomic mass is 10.1. The van der Waals surface area contributed by atoms with Gasteiger partial charge in [0.15, 0.2) is 35.4 Å². The standard InChI is InChI=1S/C20H24N10O10P2S2/c21-15-9-17(25-3-23-15)29(5-27-9)19-11(31)13-7(37-19)1-35-41(33,43)40-14-8(2-36-42(34,44)39-13)38-20(12(14)32)30-6-28-10-16(22)24-4-26-18(10)30/h3-8,11-14,19-20,31-32H,1-2H2,(H,33,43)(H,34,44)(H2,21,23,25)(H2,22,24,26)/t7-,8-,11+,12+,13?,14?,19-,20-,41-,42+/m1/s1. The second kappa shape index (κ2) is 11.1. The molecular formula is C20H24N10O10P2S2. The fourth-order valence-electron chi connectivity index (χ4n) is 5.24. The predicted octanol–water partition coefficient (Wildman–Crippen LogP) is 0.240. The second-order valence-electron chi connectivity index (χ2n) is 9.95. The zero-order valence-electron chi connectivity index (χ0n) is 22.0. The molecule has 6 N–H and O–H groups in total. The maximum atomic E-state index is 13.4. The monoisotopic (exact) mass is 690 g/mol. The van der Waals surface area contributed by atoms with Gasteiger partial charge in [0.2, 0.25) is 0 Å². The maximum absolute atomic E-state index is 13.4. The number of nitrogen functional groups attached to an aromatic ring is 2. The van der Waals surface area contributed by atoms with E-state index >= 15 is 0 Å². The summed E-state index contributed by atoms with van der Waals surface area (Å²) in [5.41, 5.74) is 12.7. The van der Waals surface area contributed by atoms with Crippen molar-refractivity contribution >= 4 is 72.1 Å². The van der Waals surface area contributed by atoms with Crippen LogP contribution in [0.15, 0.2) is 25.3 Å². The SMILES string of the molecule is Nc1ncnc2c1ncn2[C@@H]1O[C@@H]2CO[P@@](=O)(S)OC3[C@@H](CO[P@](=O)(S)OC2[C@@H]1O)O[C@@H](n1cnc2c(N)ncnc21)[C@H]3O. The van der Waals surface area contributed by atoms with Gasteiger partial charge in [0, 0.05) is 0 Å². The molecule has 0 saturated carbocycles. The maximum Gasteiger partial charge on any atom is 0.386 e. The minimum Gasteiger partial charge on any atom is -0.386 e. The third-order valence-electron chi connectivity index (χ3n) is 7.26. The molecule has 2 unspecified atom stereocenters. The van der Waals surface area contributed by atoms with E-state index in [0.29, 0.717) is 0 Å². The lowest BCUT2D eigenvalue weighted by molar-refractivity contribution is -0.0561. The van der Waals surface area contributed by atoms with Crippen molar-refractivity contribution in [1.82, 2.24) is 39.0 Å². The molecule has 0 bridgehead atoms. The normalized spacial score (nSPS) is 38.3. The molecule has 7 heterocycles. The summed E-state index contributed by atoms with van der Waals surface area (Å²) >= 11 is 8.16. The Hall–Kier alpha value is -2.46. The Morgan fingerprint density at radius 1 is 0.727 bits per heavy atom. The van der Waals surface area contributed by atoms with E-state index in [1.54, 1.807) is 0 Å². The van der Waals surface area contributed by atoms with Gasteiger partial charge in [-0.25, -0.2) is 39.0 Å². The first-order valence-corrected chi connectivity index (χ1v) is 18.2. The average Bonchev–Trinajstić information content (AvgIpc) is 3.73. The van der Waals surface area contributed by atoms with Crippen LogP contribution in [0, 0.1) is 0 Å². The van der Waals surface area contributed by atoms with Crippen LogP contribution in [0.1, 0.15) is 12.5 Å². The van der Waals surface area contributed by atoms with Gasteiger partial charge in [-0.15, -0.1) is 0 Å². The van der Waals surface area contributed by atoms with E-state index in [0.717, 1.165) is 0 Å². The number of thiol groups is 2. The van der Waals surface area contributed by atoms with E-state index in [9.17, 15) is 19.3 Å². The van der Waals surface area contributed by atoms with Gasteiger partial charge >= 0.3 is 13.6 Å². The average molecular weight is 691 g/mol. The van der Waals surface area contributed by atoms with Crippen molar-refractivity contribution in [3.63, 3.8) is 0 Å². The zero-order valence-corrected chi connectivity index (χ0v) is 25.6. The Bertz CT molecular complexity index is 1700. The van der Waals surface area contributed by atoms with Gasteiger partial charge < -0.3 is 31.2 Å². The first-order chi connectivity index (χ1) is 20.9. The molecule has 3 fully saturated rings. The Morgan fingerprint density at radius 3 is 1.55 bits per heavy atom. The van der Waals surface area contributed by atoms with Crippen LogP contribution in [0.2, 0.25) is 0 Å². The Labute approximate surface area is 256 Å². The molecule has 4 aromatic heterocycles. The minimum absolute atomic E-state index is 0.101. The number of nitrogens with two attached hydrogens (primary N) is 2. The van der Waals surface area contributed by atoms with E-state index in [-0.39, 0.29) is 34.0 Å². The summed E-state index contributed by atoms with van der Waals surface area (Å²) < 4.78 is 63.9. The highest BCUT2D eigenvalue weighted by atomic mass is 32.7. The summed E-state index contributed by atoms with van der Waals surface area (Å²) in [5.74, 6) is 0.203. The zero-order chi connectivity index (χ0) is 31.0. The van der Waals surface area contributed by atoms with Crippen molar-refractivity contribution in [3.05, 3.63) is 25.3 Å². The summed E-state index contributed by atoms with van der Waals surface area (Å²) in [5, 5.41) is 22.5. The molecule has 0 aromatic carbocycles. The number of aromatic nitrogens is 8. The Kier molecular flexibility index (Phi) is 7.63. The number of aliphatic hydroxyl groups excluding tert-OH is 2. The minimum atomic E-state index is -4.26. The van der Waals surface area contributed by atoms with Gasteiger partial charge in [-0.2, -0.15) is 0 Å². The third kappa shape index (κ3) is 5.27. The number of aliphatic hydroxyl groups is 2. The van der Waals surface area contributed by atoms with E-state index < -0.39 is 75.9 Å². The summed E-state index contributed by atoms with van der Waals surface area (Å²) in [6, 6.07) is 0.